The van der Waals surface area contributed by atoms with E-state index >= 15 is 0 Å². The summed E-state index contributed by atoms with van der Waals surface area (Å²) in [6.45, 7) is 36.6. The largest absolute Gasteiger partial charge is 0.317 e. The second-order valence-electron chi connectivity index (χ2n) is 21.2. The molecule has 10 heterocycles. The van der Waals surface area contributed by atoms with E-state index in [0.717, 1.165) is 63.9 Å². The lowest BCUT2D eigenvalue weighted by Gasteiger charge is -2.22. The fourth-order valence-corrected chi connectivity index (χ4v) is 8.57. The third-order valence-electron chi connectivity index (χ3n) is 13.6. The van der Waals surface area contributed by atoms with Crippen LogP contribution in [0.3, 0.4) is 0 Å². The van der Waals surface area contributed by atoms with Crippen molar-refractivity contribution < 1.29 is 0 Å². The predicted octanol–water partition coefficient (Wildman–Crippen LogP) is 3.09. The van der Waals surface area contributed by atoms with Gasteiger partial charge in [0.1, 0.15) is 0 Å². The minimum Gasteiger partial charge on any atom is -0.317 e. The van der Waals surface area contributed by atoms with Crippen LogP contribution in [-0.2, 0) is 0 Å². The fourth-order valence-electron chi connectivity index (χ4n) is 8.57. The first-order chi connectivity index (χ1) is 32.9. The minimum absolute atomic E-state index is 0.536. The number of hydrazine groups is 2. The normalized spacial score (nSPS) is 26.9. The van der Waals surface area contributed by atoms with Crippen LogP contribution in [0, 0.1) is 11.8 Å². The topological polar surface area (TPSA) is 140 Å². The number of likely N-dealkylation sites (tertiary alicyclic amines) is 1. The molecular weight excluding hydrogens is 849 g/mol. The van der Waals surface area contributed by atoms with Crippen LogP contribution in [0.15, 0.2) is 0 Å². The molecular formula is C52H120N16. The van der Waals surface area contributed by atoms with Crippen molar-refractivity contribution in [3.05, 3.63) is 0 Å². The van der Waals surface area contributed by atoms with Crippen LogP contribution in [0.1, 0.15) is 124 Å². The molecule has 0 spiro atoms. The summed E-state index contributed by atoms with van der Waals surface area (Å²) < 4.78 is 0. The van der Waals surface area contributed by atoms with Gasteiger partial charge >= 0.3 is 0 Å². The Bertz CT molecular complexity index is 768. The van der Waals surface area contributed by atoms with Gasteiger partial charge in [0.05, 0.1) is 6.17 Å². The third-order valence-corrected chi connectivity index (χ3v) is 13.6. The molecule has 16 nitrogen and oxygen atoms in total. The molecule has 0 aromatic rings. The van der Waals surface area contributed by atoms with Crippen molar-refractivity contribution in [2.75, 3.05) is 193 Å². The summed E-state index contributed by atoms with van der Waals surface area (Å²) in [6.07, 6.45) is 21.1. The molecule has 10 N–H and O–H groups in total. The summed E-state index contributed by atoms with van der Waals surface area (Å²) in [4.78, 5) is 9.25. The number of piperazine rings is 1. The van der Waals surface area contributed by atoms with Gasteiger partial charge < -0.3 is 52.3 Å². The number of nitrogens with zero attached hydrogens (tertiary/aromatic N) is 6. The zero-order valence-electron chi connectivity index (χ0n) is 46.9. The summed E-state index contributed by atoms with van der Waals surface area (Å²) in [5, 5.41) is 30.6. The molecule has 0 saturated carbocycles. The summed E-state index contributed by atoms with van der Waals surface area (Å²) in [7, 11) is 12.7. The average molecular weight is 970 g/mol. The third kappa shape index (κ3) is 45.2. The number of likely N-dealkylation sites (N-methyl/N-ethyl adjacent to an activating group) is 2. The Morgan fingerprint density at radius 2 is 0.794 bits per heavy atom. The second kappa shape index (κ2) is 47.4. The van der Waals surface area contributed by atoms with E-state index in [0.29, 0.717) is 6.17 Å². The number of hydrogen-bond donors (Lipinski definition) is 10. The molecule has 0 aliphatic carbocycles. The maximum atomic E-state index is 3.38. The van der Waals surface area contributed by atoms with E-state index in [9.17, 15) is 0 Å². The van der Waals surface area contributed by atoms with Crippen molar-refractivity contribution in [1.82, 2.24) is 83.0 Å². The molecule has 2 unspecified atom stereocenters. The summed E-state index contributed by atoms with van der Waals surface area (Å²) in [5.41, 5.74) is 6.37. The summed E-state index contributed by atoms with van der Waals surface area (Å²) in [6, 6.07) is 0.786. The SMILES string of the molecule is CC1CCCCN1.CC1CCCNC1.CC1CCNCC1.CC1NCCCN1.CN1CCCCC1.CN1CCCCN1.CN1CCCN1.CN1CCCNC1.CN1CCNC1.CN1CCNCC1. The van der Waals surface area contributed by atoms with Gasteiger partial charge in [0.2, 0.25) is 0 Å². The lowest BCUT2D eigenvalue weighted by atomic mass is 10.0. The van der Waals surface area contributed by atoms with E-state index in [1.54, 1.807) is 0 Å². The standard InChI is InChI=1S/4C6H13N.4C5H12N2.2C4H10N2/c1-6-2-4-7-5-3-6;1-6-3-2-4-7-5-6;1-7-5-3-2-4-6-7;1-6-4-2-3-5-7-6;1-7-4-2-6-3-5-7;1-7-4-2-3-6-5-7;1-7-5-3-2-4-6-7;1-5-6-3-2-4-7-5;1-6-3-2-5-4-6;1-6-4-2-3-5-6/h2*6-7H,2-5H2,1H3;2-6H2,1H3;6-7H,2-5H2,1H3;3*6H,2-5H2,1H3;5-7H,2-4H2,1H3;2*5H,2-4H2,1H3. The molecule has 10 fully saturated rings. The Morgan fingerprint density at radius 3 is 1.06 bits per heavy atom. The van der Waals surface area contributed by atoms with Crippen molar-refractivity contribution in [3.63, 3.8) is 0 Å². The van der Waals surface area contributed by atoms with E-state index in [1.807, 2.05) is 0 Å². The molecule has 10 aliphatic rings. The lowest BCUT2D eigenvalue weighted by Crippen LogP contribution is -2.45. The molecule has 408 valence electrons. The van der Waals surface area contributed by atoms with Crippen LogP contribution in [0.25, 0.3) is 0 Å². The molecule has 16 heteroatoms. The van der Waals surface area contributed by atoms with Gasteiger partial charge in [-0.3, -0.25) is 20.7 Å². The van der Waals surface area contributed by atoms with Crippen LogP contribution in [0.4, 0.5) is 0 Å². The highest BCUT2D eigenvalue weighted by atomic mass is 15.5. The maximum absolute atomic E-state index is 3.38. The van der Waals surface area contributed by atoms with E-state index in [1.165, 1.54) is 201 Å². The van der Waals surface area contributed by atoms with Crippen molar-refractivity contribution >= 4 is 0 Å². The molecule has 68 heavy (non-hydrogen) atoms. The summed E-state index contributed by atoms with van der Waals surface area (Å²) in [5.74, 6) is 1.90. The molecule has 10 saturated heterocycles. The Kier molecular flexibility index (Phi) is 45.5. The van der Waals surface area contributed by atoms with Gasteiger partial charge in [0, 0.05) is 105 Å². The van der Waals surface area contributed by atoms with Crippen LogP contribution < -0.4 is 53.4 Å². The molecule has 0 radical (unpaired) electrons. The number of piperidine rings is 4. The van der Waals surface area contributed by atoms with Crippen molar-refractivity contribution in [3.8, 4) is 0 Å². The monoisotopic (exact) mass is 969 g/mol. The van der Waals surface area contributed by atoms with Crippen LogP contribution in [0.5, 0.6) is 0 Å². The highest BCUT2D eigenvalue weighted by Gasteiger charge is 2.08. The highest BCUT2D eigenvalue weighted by molar-refractivity contribution is 4.67. The fraction of sp³-hybridized carbons (Fsp3) is 1.00. The highest BCUT2D eigenvalue weighted by Crippen LogP contribution is 2.09. The first-order valence-electron chi connectivity index (χ1n) is 28.3. The van der Waals surface area contributed by atoms with E-state index in [-0.39, 0.29) is 0 Å². The van der Waals surface area contributed by atoms with Gasteiger partial charge in [-0.2, -0.15) is 0 Å². The van der Waals surface area contributed by atoms with Crippen molar-refractivity contribution in [2.24, 2.45) is 11.8 Å². The number of nitrogens with one attached hydrogen (secondary N) is 10. The Balaban J connectivity index is 0.000000378. The van der Waals surface area contributed by atoms with Crippen LogP contribution in [-0.4, -0.2) is 235 Å². The van der Waals surface area contributed by atoms with Crippen molar-refractivity contribution in [2.45, 2.75) is 136 Å². The zero-order chi connectivity index (χ0) is 49.7. The summed E-state index contributed by atoms with van der Waals surface area (Å²) >= 11 is 0. The Labute approximate surface area is 422 Å². The zero-order valence-corrected chi connectivity index (χ0v) is 46.9. The molecule has 0 amide bonds. The molecule has 2 atom stereocenters. The van der Waals surface area contributed by atoms with Crippen LogP contribution >= 0.6 is 0 Å². The van der Waals surface area contributed by atoms with Crippen molar-refractivity contribution in [1.29, 1.82) is 0 Å². The van der Waals surface area contributed by atoms with Gasteiger partial charge in [0.25, 0.3) is 0 Å². The average Bonchev–Trinajstić information content (AvgIpc) is 4.06. The maximum Gasteiger partial charge on any atom is 0.0542 e. The Morgan fingerprint density at radius 1 is 0.309 bits per heavy atom. The quantitative estimate of drug-likeness (QED) is 0.174. The second-order valence-corrected chi connectivity index (χ2v) is 21.2. The van der Waals surface area contributed by atoms with Gasteiger partial charge in [-0.1, -0.05) is 26.7 Å². The van der Waals surface area contributed by atoms with Gasteiger partial charge in [-0.05, 0) is 203 Å². The van der Waals surface area contributed by atoms with E-state index in [2.05, 4.69) is 153 Å². The van der Waals surface area contributed by atoms with Crippen LogP contribution in [0.2, 0.25) is 0 Å². The van der Waals surface area contributed by atoms with E-state index < -0.39 is 0 Å². The first-order valence-corrected chi connectivity index (χ1v) is 28.3. The smallest absolute Gasteiger partial charge is 0.0542 e. The number of hydrogen-bond acceptors (Lipinski definition) is 16. The minimum atomic E-state index is 0.536. The molecule has 0 aromatic carbocycles. The molecule has 0 bridgehead atoms. The number of rotatable bonds is 0. The molecule has 0 aromatic heterocycles. The van der Waals surface area contributed by atoms with Gasteiger partial charge in [-0.25, -0.2) is 10.0 Å². The van der Waals surface area contributed by atoms with Gasteiger partial charge in [0.15, 0.2) is 0 Å². The predicted molar refractivity (Wildman–Crippen MR) is 296 cm³/mol. The van der Waals surface area contributed by atoms with E-state index in [4.69, 9.17) is 0 Å². The molecule has 10 aliphatic heterocycles. The first kappa shape index (κ1) is 65.4. The Hall–Kier alpha value is -0.640. The lowest BCUT2D eigenvalue weighted by molar-refractivity contribution is 0.194. The molecule has 10 rings (SSSR count). The van der Waals surface area contributed by atoms with Gasteiger partial charge in [-0.15, -0.1) is 0 Å².